The first-order chi connectivity index (χ1) is 11.0. The molecule has 3 rings (SSSR count). The number of rotatable bonds is 2. The van der Waals surface area contributed by atoms with Gasteiger partial charge in [0.1, 0.15) is 11.0 Å². The van der Waals surface area contributed by atoms with E-state index in [1.165, 1.54) is 0 Å². The number of hydrogen-bond acceptors (Lipinski definition) is 4. The van der Waals surface area contributed by atoms with Crippen molar-refractivity contribution in [3.63, 3.8) is 0 Å². The summed E-state index contributed by atoms with van der Waals surface area (Å²) >= 11 is 0. The van der Waals surface area contributed by atoms with Crippen molar-refractivity contribution in [2.24, 2.45) is 9.98 Å². The van der Waals surface area contributed by atoms with Crippen molar-refractivity contribution in [2.75, 3.05) is 7.05 Å². The Balaban J connectivity index is 2.27. The summed E-state index contributed by atoms with van der Waals surface area (Å²) in [4.78, 5) is 8.69. The van der Waals surface area contributed by atoms with Gasteiger partial charge in [-0.05, 0) is 20.8 Å². The molecule has 4 heteroatoms. The lowest BCUT2D eigenvalue weighted by Gasteiger charge is -2.11. The molecular formula is C19H20N4. The van der Waals surface area contributed by atoms with Gasteiger partial charge in [0.2, 0.25) is 0 Å². The maximum Gasteiger partial charge on any atom is 0.102 e. The molecule has 0 N–H and O–H groups in total. The van der Waals surface area contributed by atoms with Crippen LogP contribution in [0.5, 0.6) is 0 Å². The molecule has 0 atom stereocenters. The van der Waals surface area contributed by atoms with Crippen molar-refractivity contribution in [1.29, 1.82) is 0 Å². The first-order valence-electron chi connectivity index (χ1n) is 7.65. The summed E-state index contributed by atoms with van der Waals surface area (Å²) in [5.74, 6) is 0. The van der Waals surface area contributed by atoms with E-state index in [0.717, 1.165) is 32.9 Å². The average Bonchev–Trinajstić information content (AvgIpc) is 2.52. The SMILES string of the molecule is CN=Cc1cccc2c1nnc1c(C=NC(C)(C)C)cccc12. The maximum absolute atomic E-state index is 4.59. The van der Waals surface area contributed by atoms with Crippen LogP contribution in [0.3, 0.4) is 0 Å². The lowest BCUT2D eigenvalue weighted by molar-refractivity contribution is 0.587. The molecule has 0 aliphatic heterocycles. The summed E-state index contributed by atoms with van der Waals surface area (Å²) in [5, 5.41) is 11.0. The van der Waals surface area contributed by atoms with Crippen LogP contribution in [0, 0.1) is 0 Å². The maximum atomic E-state index is 4.59. The lowest BCUT2D eigenvalue weighted by atomic mass is 10.0. The molecule has 116 valence electrons. The minimum Gasteiger partial charge on any atom is -0.296 e. The normalized spacial score (nSPS) is 12.9. The Bertz CT molecular complexity index is 918. The van der Waals surface area contributed by atoms with Gasteiger partial charge in [0, 0.05) is 41.4 Å². The highest BCUT2D eigenvalue weighted by Crippen LogP contribution is 2.25. The Morgan fingerprint density at radius 1 is 0.826 bits per heavy atom. The Labute approximate surface area is 136 Å². The summed E-state index contributed by atoms with van der Waals surface area (Å²) < 4.78 is 0. The standard InChI is InChI=1S/C19H20N4/c1-19(2,3)21-12-14-8-6-10-16-15-9-5-7-13(11-20-4)17(15)22-23-18(14)16/h5-12H,1-4H3. The zero-order valence-electron chi connectivity index (χ0n) is 13.9. The smallest absolute Gasteiger partial charge is 0.102 e. The number of hydrogen-bond donors (Lipinski definition) is 0. The molecule has 0 unspecified atom stereocenters. The fraction of sp³-hybridized carbons (Fsp3) is 0.263. The highest BCUT2D eigenvalue weighted by atomic mass is 15.1. The van der Waals surface area contributed by atoms with Gasteiger partial charge in [-0.3, -0.25) is 9.98 Å². The number of aromatic nitrogens is 2. The second-order valence-electron chi connectivity index (χ2n) is 6.50. The topological polar surface area (TPSA) is 50.5 Å². The van der Waals surface area contributed by atoms with E-state index in [0.29, 0.717) is 0 Å². The number of nitrogens with zero attached hydrogens (tertiary/aromatic N) is 4. The molecule has 23 heavy (non-hydrogen) atoms. The zero-order valence-corrected chi connectivity index (χ0v) is 13.9. The van der Waals surface area contributed by atoms with E-state index < -0.39 is 0 Å². The fourth-order valence-corrected chi connectivity index (χ4v) is 2.49. The van der Waals surface area contributed by atoms with Crippen molar-refractivity contribution in [3.8, 4) is 0 Å². The van der Waals surface area contributed by atoms with Crippen LogP contribution in [0.1, 0.15) is 31.9 Å². The third-order valence-corrected chi connectivity index (χ3v) is 3.53. The first kappa shape index (κ1) is 15.3. The van der Waals surface area contributed by atoms with E-state index in [1.54, 1.807) is 7.05 Å². The molecule has 0 bridgehead atoms. The number of aliphatic imine (C=N–C) groups is 2. The lowest BCUT2D eigenvalue weighted by Crippen LogP contribution is -2.09. The van der Waals surface area contributed by atoms with E-state index in [-0.39, 0.29) is 5.54 Å². The monoisotopic (exact) mass is 304 g/mol. The van der Waals surface area contributed by atoms with Gasteiger partial charge in [-0.2, -0.15) is 0 Å². The Morgan fingerprint density at radius 3 is 1.83 bits per heavy atom. The molecule has 2 aromatic carbocycles. The molecule has 0 saturated carbocycles. The summed E-state index contributed by atoms with van der Waals surface area (Å²) in [6.07, 6.45) is 3.70. The van der Waals surface area contributed by atoms with E-state index in [9.17, 15) is 0 Å². The molecule has 3 aromatic rings. The quantitative estimate of drug-likeness (QED) is 0.530. The fourth-order valence-electron chi connectivity index (χ4n) is 2.49. The summed E-state index contributed by atoms with van der Waals surface area (Å²) in [5.41, 5.74) is 3.60. The Morgan fingerprint density at radius 2 is 1.35 bits per heavy atom. The van der Waals surface area contributed by atoms with Gasteiger partial charge >= 0.3 is 0 Å². The molecule has 0 aliphatic carbocycles. The van der Waals surface area contributed by atoms with Crippen LogP contribution in [-0.2, 0) is 0 Å². The van der Waals surface area contributed by atoms with Crippen LogP contribution in [-0.4, -0.2) is 35.2 Å². The number of benzene rings is 2. The minimum atomic E-state index is -0.114. The van der Waals surface area contributed by atoms with Crippen molar-refractivity contribution in [1.82, 2.24) is 10.2 Å². The summed E-state index contributed by atoms with van der Waals surface area (Å²) in [6, 6.07) is 12.2. The molecule has 1 aromatic heterocycles. The van der Waals surface area contributed by atoms with Gasteiger partial charge < -0.3 is 0 Å². The van der Waals surface area contributed by atoms with Crippen molar-refractivity contribution < 1.29 is 0 Å². The van der Waals surface area contributed by atoms with Crippen LogP contribution in [0.25, 0.3) is 21.8 Å². The largest absolute Gasteiger partial charge is 0.296 e. The summed E-state index contributed by atoms with van der Waals surface area (Å²) in [6.45, 7) is 6.23. The Hall–Kier alpha value is -2.62. The number of fused-ring (bicyclic) bond motifs is 3. The molecule has 4 nitrogen and oxygen atoms in total. The molecule has 0 saturated heterocycles. The van der Waals surface area contributed by atoms with E-state index in [4.69, 9.17) is 0 Å². The van der Waals surface area contributed by atoms with Gasteiger partial charge in [0.05, 0.1) is 5.54 Å². The second-order valence-corrected chi connectivity index (χ2v) is 6.50. The van der Waals surface area contributed by atoms with Crippen molar-refractivity contribution in [2.45, 2.75) is 26.3 Å². The first-order valence-corrected chi connectivity index (χ1v) is 7.65. The average molecular weight is 304 g/mol. The molecule has 0 aliphatic rings. The summed E-state index contributed by atoms with van der Waals surface area (Å²) in [7, 11) is 1.76. The van der Waals surface area contributed by atoms with Gasteiger partial charge in [-0.25, -0.2) is 0 Å². The minimum absolute atomic E-state index is 0.114. The van der Waals surface area contributed by atoms with E-state index in [1.807, 2.05) is 36.7 Å². The third kappa shape index (κ3) is 3.11. The highest BCUT2D eigenvalue weighted by molar-refractivity contribution is 6.12. The van der Waals surface area contributed by atoms with E-state index >= 15 is 0 Å². The van der Waals surface area contributed by atoms with Crippen LogP contribution in [0.4, 0.5) is 0 Å². The van der Waals surface area contributed by atoms with Crippen LogP contribution < -0.4 is 0 Å². The van der Waals surface area contributed by atoms with Gasteiger partial charge in [-0.1, -0.05) is 36.4 Å². The highest BCUT2D eigenvalue weighted by Gasteiger charge is 2.10. The predicted octanol–water partition coefficient (Wildman–Crippen LogP) is 4.05. The van der Waals surface area contributed by atoms with Gasteiger partial charge in [-0.15, -0.1) is 10.2 Å². The molecule has 0 radical (unpaired) electrons. The molecule has 0 spiro atoms. The molecular weight excluding hydrogens is 284 g/mol. The van der Waals surface area contributed by atoms with E-state index in [2.05, 4.69) is 53.1 Å². The third-order valence-electron chi connectivity index (χ3n) is 3.53. The second kappa shape index (κ2) is 5.88. The zero-order chi connectivity index (χ0) is 16.4. The van der Waals surface area contributed by atoms with Gasteiger partial charge in [0.25, 0.3) is 0 Å². The predicted molar refractivity (Wildman–Crippen MR) is 97.9 cm³/mol. The van der Waals surface area contributed by atoms with Crippen LogP contribution in [0.15, 0.2) is 46.4 Å². The van der Waals surface area contributed by atoms with Crippen molar-refractivity contribution in [3.05, 3.63) is 47.5 Å². The molecule has 0 fully saturated rings. The van der Waals surface area contributed by atoms with Crippen molar-refractivity contribution >= 4 is 34.2 Å². The molecule has 0 amide bonds. The molecule has 1 heterocycles. The van der Waals surface area contributed by atoms with Crippen LogP contribution in [0.2, 0.25) is 0 Å². The van der Waals surface area contributed by atoms with Crippen LogP contribution >= 0.6 is 0 Å². The Kier molecular flexibility index (Phi) is 3.90. The van der Waals surface area contributed by atoms with Gasteiger partial charge in [0.15, 0.2) is 0 Å².